The fourth-order valence-electron chi connectivity index (χ4n) is 2.15. The van der Waals surface area contributed by atoms with E-state index in [1.54, 1.807) is 22.7 Å². The summed E-state index contributed by atoms with van der Waals surface area (Å²) in [5, 5.41) is 15.8. The standard InChI is InChI=1S/C14H15N5O3S/c1-8-16-17-14-19(8)18-11(23-14)7-15-13(20)12-9(21-2)5-4-6-10(12)22-3/h4-6H,7H2,1-3H3,(H,15,20). The van der Waals surface area contributed by atoms with Gasteiger partial charge in [0, 0.05) is 0 Å². The molecule has 23 heavy (non-hydrogen) atoms. The Morgan fingerprint density at radius 1 is 1.26 bits per heavy atom. The molecule has 0 atom stereocenters. The van der Waals surface area contributed by atoms with E-state index in [2.05, 4.69) is 20.6 Å². The van der Waals surface area contributed by atoms with E-state index in [1.165, 1.54) is 25.6 Å². The van der Waals surface area contributed by atoms with Gasteiger partial charge >= 0.3 is 0 Å². The molecule has 0 aliphatic rings. The van der Waals surface area contributed by atoms with E-state index in [-0.39, 0.29) is 12.5 Å². The summed E-state index contributed by atoms with van der Waals surface area (Å²) in [5.74, 6) is 1.33. The molecule has 0 fully saturated rings. The molecule has 0 radical (unpaired) electrons. The first kappa shape index (κ1) is 15.2. The van der Waals surface area contributed by atoms with E-state index in [0.29, 0.717) is 27.8 Å². The summed E-state index contributed by atoms with van der Waals surface area (Å²) in [7, 11) is 3.02. The summed E-state index contributed by atoms with van der Waals surface area (Å²) in [6, 6.07) is 5.19. The molecule has 2 heterocycles. The summed E-state index contributed by atoms with van der Waals surface area (Å²) in [5.41, 5.74) is 0.358. The van der Waals surface area contributed by atoms with Crippen LogP contribution in [0.2, 0.25) is 0 Å². The molecule has 0 aliphatic heterocycles. The second kappa shape index (κ2) is 6.21. The number of ether oxygens (including phenoxy) is 2. The number of nitrogens with zero attached hydrogens (tertiary/aromatic N) is 4. The molecule has 1 amide bonds. The van der Waals surface area contributed by atoms with Gasteiger partial charge in [0.2, 0.25) is 4.96 Å². The van der Waals surface area contributed by atoms with E-state index < -0.39 is 0 Å². The molecule has 8 nitrogen and oxygen atoms in total. The molecular weight excluding hydrogens is 318 g/mol. The van der Waals surface area contributed by atoms with E-state index in [0.717, 1.165) is 5.01 Å². The van der Waals surface area contributed by atoms with Crippen molar-refractivity contribution in [1.82, 2.24) is 25.1 Å². The zero-order valence-electron chi connectivity index (χ0n) is 12.9. The maximum absolute atomic E-state index is 12.5. The monoisotopic (exact) mass is 333 g/mol. The smallest absolute Gasteiger partial charge is 0.259 e. The first-order valence-electron chi connectivity index (χ1n) is 6.81. The van der Waals surface area contributed by atoms with Crippen LogP contribution < -0.4 is 14.8 Å². The van der Waals surface area contributed by atoms with Crippen molar-refractivity contribution in [2.24, 2.45) is 0 Å². The number of hydrogen-bond donors (Lipinski definition) is 1. The highest BCUT2D eigenvalue weighted by Crippen LogP contribution is 2.28. The summed E-state index contributed by atoms with van der Waals surface area (Å²) >= 11 is 1.38. The Kier molecular flexibility index (Phi) is 4.11. The van der Waals surface area contributed by atoms with Gasteiger partial charge in [-0.1, -0.05) is 17.4 Å². The molecule has 0 unspecified atom stereocenters. The molecule has 1 aromatic carbocycles. The summed E-state index contributed by atoms with van der Waals surface area (Å²) < 4.78 is 12.1. The maximum atomic E-state index is 12.5. The third kappa shape index (κ3) is 2.82. The lowest BCUT2D eigenvalue weighted by molar-refractivity contribution is 0.0944. The summed E-state index contributed by atoms with van der Waals surface area (Å²) in [4.78, 5) is 13.2. The van der Waals surface area contributed by atoms with E-state index in [9.17, 15) is 4.79 Å². The van der Waals surface area contributed by atoms with Crippen molar-refractivity contribution in [3.63, 3.8) is 0 Å². The lowest BCUT2D eigenvalue weighted by atomic mass is 10.1. The molecule has 2 aromatic heterocycles. The van der Waals surface area contributed by atoms with Gasteiger partial charge < -0.3 is 14.8 Å². The van der Waals surface area contributed by atoms with Crippen LogP contribution in [0.1, 0.15) is 21.2 Å². The highest BCUT2D eigenvalue weighted by atomic mass is 32.1. The summed E-state index contributed by atoms with van der Waals surface area (Å²) in [6.45, 7) is 2.11. The Morgan fingerprint density at radius 3 is 2.57 bits per heavy atom. The third-order valence-corrected chi connectivity index (χ3v) is 4.14. The number of carbonyl (C=O) groups is 1. The van der Waals surface area contributed by atoms with Gasteiger partial charge in [-0.05, 0) is 19.1 Å². The number of hydrogen-bond acceptors (Lipinski definition) is 7. The van der Waals surface area contributed by atoms with Gasteiger partial charge in [0.25, 0.3) is 5.91 Å². The number of methoxy groups -OCH3 is 2. The van der Waals surface area contributed by atoms with Crippen LogP contribution in [-0.2, 0) is 6.54 Å². The molecule has 0 aliphatic carbocycles. The van der Waals surface area contributed by atoms with Crippen molar-refractivity contribution in [1.29, 1.82) is 0 Å². The maximum Gasteiger partial charge on any atom is 0.259 e. The fraction of sp³-hybridized carbons (Fsp3) is 0.286. The fourth-order valence-corrected chi connectivity index (χ4v) is 2.96. The number of nitrogens with one attached hydrogen (secondary N) is 1. The predicted octanol–water partition coefficient (Wildman–Crippen LogP) is 1.44. The lowest BCUT2D eigenvalue weighted by Gasteiger charge is -2.12. The quantitative estimate of drug-likeness (QED) is 0.760. The van der Waals surface area contributed by atoms with Gasteiger partial charge in [-0.25, -0.2) is 0 Å². The average Bonchev–Trinajstić information content (AvgIpc) is 3.13. The van der Waals surface area contributed by atoms with Crippen LogP contribution in [0.4, 0.5) is 0 Å². The number of aromatic nitrogens is 4. The van der Waals surface area contributed by atoms with Crippen molar-refractivity contribution < 1.29 is 14.3 Å². The van der Waals surface area contributed by atoms with Crippen LogP contribution in [0, 0.1) is 6.92 Å². The second-order valence-corrected chi connectivity index (χ2v) is 5.70. The highest BCUT2D eigenvalue weighted by Gasteiger charge is 2.18. The van der Waals surface area contributed by atoms with Crippen LogP contribution in [0.3, 0.4) is 0 Å². The molecule has 0 spiro atoms. The van der Waals surface area contributed by atoms with Crippen molar-refractivity contribution in [3.05, 3.63) is 34.6 Å². The minimum atomic E-state index is -0.290. The Hall–Kier alpha value is -2.68. The number of rotatable bonds is 5. The Labute approximate surface area is 136 Å². The van der Waals surface area contributed by atoms with Gasteiger partial charge in [0.1, 0.15) is 22.1 Å². The lowest BCUT2D eigenvalue weighted by Crippen LogP contribution is -2.24. The molecule has 1 N–H and O–H groups in total. The SMILES string of the molecule is COc1cccc(OC)c1C(=O)NCc1nn2c(C)nnc2s1. The second-order valence-electron chi connectivity index (χ2n) is 4.66. The average molecular weight is 333 g/mol. The molecule has 9 heteroatoms. The molecule has 3 aromatic rings. The summed E-state index contributed by atoms with van der Waals surface area (Å²) in [6.07, 6.45) is 0. The zero-order valence-corrected chi connectivity index (χ0v) is 13.7. The van der Waals surface area contributed by atoms with Crippen LogP contribution in [0.25, 0.3) is 4.96 Å². The number of carbonyl (C=O) groups excluding carboxylic acids is 1. The van der Waals surface area contributed by atoms with E-state index >= 15 is 0 Å². The number of amides is 1. The van der Waals surface area contributed by atoms with Crippen LogP contribution in [-0.4, -0.2) is 39.9 Å². The third-order valence-electron chi connectivity index (χ3n) is 3.24. The van der Waals surface area contributed by atoms with Crippen LogP contribution in [0.5, 0.6) is 11.5 Å². The van der Waals surface area contributed by atoms with Crippen LogP contribution >= 0.6 is 11.3 Å². The largest absolute Gasteiger partial charge is 0.496 e. The molecule has 0 saturated carbocycles. The molecule has 120 valence electrons. The molecule has 0 bridgehead atoms. The minimum Gasteiger partial charge on any atom is -0.496 e. The van der Waals surface area contributed by atoms with Gasteiger partial charge in [-0.3, -0.25) is 4.79 Å². The van der Waals surface area contributed by atoms with E-state index in [1.807, 2.05) is 6.92 Å². The van der Waals surface area contributed by atoms with Crippen molar-refractivity contribution in [2.45, 2.75) is 13.5 Å². The topological polar surface area (TPSA) is 90.6 Å². The normalized spacial score (nSPS) is 10.7. The van der Waals surface area contributed by atoms with Gasteiger partial charge in [-0.15, -0.1) is 10.2 Å². The first-order chi connectivity index (χ1) is 11.1. The highest BCUT2D eigenvalue weighted by molar-refractivity contribution is 7.16. The number of aryl methyl sites for hydroxylation is 1. The van der Waals surface area contributed by atoms with Crippen molar-refractivity contribution in [2.75, 3.05) is 14.2 Å². The Bertz CT molecular complexity index is 835. The first-order valence-corrected chi connectivity index (χ1v) is 7.62. The predicted molar refractivity (Wildman–Crippen MR) is 84.1 cm³/mol. The molecule has 3 rings (SSSR count). The van der Waals surface area contributed by atoms with Crippen molar-refractivity contribution in [3.8, 4) is 11.5 Å². The van der Waals surface area contributed by atoms with Crippen molar-refractivity contribution >= 4 is 22.2 Å². The van der Waals surface area contributed by atoms with Gasteiger partial charge in [-0.2, -0.15) is 9.61 Å². The van der Waals surface area contributed by atoms with Crippen LogP contribution in [0.15, 0.2) is 18.2 Å². The minimum absolute atomic E-state index is 0.285. The Morgan fingerprint density at radius 2 is 1.96 bits per heavy atom. The van der Waals surface area contributed by atoms with Gasteiger partial charge in [0.05, 0.1) is 20.8 Å². The zero-order chi connectivity index (χ0) is 16.4. The Balaban J connectivity index is 1.79. The number of benzene rings is 1. The number of fused-ring (bicyclic) bond motifs is 1. The van der Waals surface area contributed by atoms with Gasteiger partial charge in [0.15, 0.2) is 5.82 Å². The molecular formula is C14H15N5O3S. The van der Waals surface area contributed by atoms with E-state index in [4.69, 9.17) is 9.47 Å². The molecule has 0 saturated heterocycles.